The highest BCUT2D eigenvalue weighted by molar-refractivity contribution is 6.33. The molecule has 1 aromatic rings. The third kappa shape index (κ3) is 3.75. The van der Waals surface area contributed by atoms with Gasteiger partial charge in [0.1, 0.15) is 6.04 Å². The Morgan fingerprint density at radius 3 is 2.53 bits per heavy atom. The maximum Gasteiger partial charge on any atom is 0.326 e. The number of hydrogen-bond acceptors (Lipinski definition) is 2. The first-order chi connectivity index (χ1) is 8.86. The van der Waals surface area contributed by atoms with Crippen LogP contribution in [0.1, 0.15) is 16.8 Å². The first kappa shape index (κ1) is 15.1. The molecule has 1 amide bonds. The van der Waals surface area contributed by atoms with E-state index in [1.54, 1.807) is 0 Å². The van der Waals surface area contributed by atoms with E-state index in [9.17, 15) is 18.4 Å². The Bertz CT molecular complexity index is 534. The van der Waals surface area contributed by atoms with E-state index in [4.69, 9.17) is 16.7 Å². The summed E-state index contributed by atoms with van der Waals surface area (Å²) in [4.78, 5) is 22.6. The second-order valence-electron chi connectivity index (χ2n) is 3.63. The van der Waals surface area contributed by atoms with Crippen molar-refractivity contribution in [3.63, 3.8) is 0 Å². The molecule has 0 spiro atoms. The van der Waals surface area contributed by atoms with E-state index < -0.39 is 29.6 Å². The molecule has 0 aliphatic rings. The Morgan fingerprint density at radius 1 is 1.42 bits per heavy atom. The number of halogens is 3. The van der Waals surface area contributed by atoms with Crippen molar-refractivity contribution in [1.29, 1.82) is 0 Å². The van der Waals surface area contributed by atoms with Crippen molar-refractivity contribution in [2.24, 2.45) is 0 Å². The highest BCUT2D eigenvalue weighted by Crippen LogP contribution is 2.20. The summed E-state index contributed by atoms with van der Waals surface area (Å²) in [6.45, 7) is 3.36. The zero-order chi connectivity index (χ0) is 14.6. The molecule has 0 fully saturated rings. The molecule has 0 saturated heterocycles. The van der Waals surface area contributed by atoms with Crippen molar-refractivity contribution >= 4 is 23.5 Å². The van der Waals surface area contributed by atoms with Crippen LogP contribution in [-0.2, 0) is 4.79 Å². The molecular formula is C12H10ClF2NO3. The van der Waals surface area contributed by atoms with Crippen molar-refractivity contribution < 1.29 is 23.5 Å². The number of benzene rings is 1. The van der Waals surface area contributed by atoms with Crippen LogP contribution in [0.2, 0.25) is 5.02 Å². The molecule has 7 heteroatoms. The SMILES string of the molecule is C=CCC(NC(=O)c1cc(F)c(F)cc1Cl)C(=O)O. The van der Waals surface area contributed by atoms with E-state index in [2.05, 4.69) is 11.9 Å². The largest absolute Gasteiger partial charge is 0.480 e. The molecule has 0 bridgehead atoms. The van der Waals surface area contributed by atoms with Crippen LogP contribution in [0, 0.1) is 11.6 Å². The number of carboxylic acid groups (broad SMARTS) is 1. The Hall–Kier alpha value is -1.95. The minimum absolute atomic E-state index is 0.0115. The third-order valence-corrected chi connectivity index (χ3v) is 2.57. The monoisotopic (exact) mass is 289 g/mol. The van der Waals surface area contributed by atoms with Crippen LogP contribution in [0.3, 0.4) is 0 Å². The smallest absolute Gasteiger partial charge is 0.326 e. The lowest BCUT2D eigenvalue weighted by atomic mass is 10.1. The standard InChI is InChI=1S/C12H10ClF2NO3/c1-2-3-10(12(18)19)16-11(17)6-4-8(14)9(15)5-7(6)13/h2,4-5,10H,1,3H2,(H,16,17)(H,18,19). The lowest BCUT2D eigenvalue weighted by Crippen LogP contribution is -2.40. The number of rotatable bonds is 5. The Morgan fingerprint density at radius 2 is 2.00 bits per heavy atom. The van der Waals surface area contributed by atoms with Gasteiger partial charge >= 0.3 is 5.97 Å². The number of hydrogen-bond donors (Lipinski definition) is 2. The Kier molecular flexibility index (Phi) is 5.00. The summed E-state index contributed by atoms with van der Waals surface area (Å²) in [6.07, 6.45) is 1.30. The number of carbonyl (C=O) groups excluding carboxylic acids is 1. The number of nitrogens with one attached hydrogen (secondary N) is 1. The molecule has 0 heterocycles. The summed E-state index contributed by atoms with van der Waals surface area (Å²) in [6, 6.07) is 0.0451. The van der Waals surface area contributed by atoms with E-state index in [1.165, 1.54) is 6.08 Å². The summed E-state index contributed by atoms with van der Waals surface area (Å²) < 4.78 is 25.9. The van der Waals surface area contributed by atoms with Gasteiger partial charge in [0.05, 0.1) is 10.6 Å². The first-order valence-electron chi connectivity index (χ1n) is 5.16. The summed E-state index contributed by atoms with van der Waals surface area (Å²) in [5, 5.41) is 10.7. The minimum Gasteiger partial charge on any atom is -0.480 e. The average Bonchev–Trinajstić information content (AvgIpc) is 2.32. The normalized spacial score (nSPS) is 11.7. The summed E-state index contributed by atoms with van der Waals surface area (Å²) in [5.74, 6) is -4.61. The van der Waals surface area contributed by atoms with Crippen LogP contribution >= 0.6 is 11.6 Å². The van der Waals surface area contributed by atoms with E-state index in [-0.39, 0.29) is 17.0 Å². The quantitative estimate of drug-likeness (QED) is 0.646. The van der Waals surface area contributed by atoms with E-state index in [0.29, 0.717) is 12.1 Å². The fourth-order valence-corrected chi connectivity index (χ4v) is 1.56. The van der Waals surface area contributed by atoms with Gasteiger partial charge in [-0.25, -0.2) is 13.6 Å². The zero-order valence-electron chi connectivity index (χ0n) is 9.62. The highest BCUT2D eigenvalue weighted by Gasteiger charge is 2.21. The van der Waals surface area contributed by atoms with Gasteiger partial charge in [-0.2, -0.15) is 0 Å². The molecular weight excluding hydrogens is 280 g/mol. The van der Waals surface area contributed by atoms with Crippen molar-refractivity contribution in [1.82, 2.24) is 5.32 Å². The van der Waals surface area contributed by atoms with Crippen LogP contribution in [-0.4, -0.2) is 23.0 Å². The van der Waals surface area contributed by atoms with Gasteiger partial charge in [-0.15, -0.1) is 6.58 Å². The molecule has 1 rings (SSSR count). The fraction of sp³-hybridized carbons (Fsp3) is 0.167. The second-order valence-corrected chi connectivity index (χ2v) is 4.04. The van der Waals surface area contributed by atoms with Crippen molar-refractivity contribution in [2.45, 2.75) is 12.5 Å². The molecule has 0 aliphatic heterocycles. The maximum absolute atomic E-state index is 13.0. The van der Waals surface area contributed by atoms with Crippen molar-refractivity contribution in [3.05, 3.63) is 47.0 Å². The summed E-state index contributed by atoms with van der Waals surface area (Å²) in [7, 11) is 0. The topological polar surface area (TPSA) is 66.4 Å². The molecule has 1 atom stereocenters. The first-order valence-corrected chi connectivity index (χ1v) is 5.53. The van der Waals surface area contributed by atoms with Gasteiger partial charge in [0.2, 0.25) is 0 Å². The molecule has 0 aliphatic carbocycles. The molecule has 102 valence electrons. The number of carbonyl (C=O) groups is 2. The zero-order valence-corrected chi connectivity index (χ0v) is 10.4. The predicted molar refractivity (Wildman–Crippen MR) is 65.1 cm³/mol. The van der Waals surface area contributed by atoms with Crippen LogP contribution in [0.5, 0.6) is 0 Å². The minimum atomic E-state index is -1.27. The summed E-state index contributed by atoms with van der Waals surface area (Å²) >= 11 is 5.60. The molecule has 4 nitrogen and oxygen atoms in total. The van der Waals surface area contributed by atoms with E-state index in [1.807, 2.05) is 0 Å². The Labute approximate surface area is 112 Å². The predicted octanol–water partition coefficient (Wildman–Crippen LogP) is 2.38. The van der Waals surface area contributed by atoms with Crippen molar-refractivity contribution in [3.8, 4) is 0 Å². The van der Waals surface area contributed by atoms with Crippen LogP contribution in [0.25, 0.3) is 0 Å². The van der Waals surface area contributed by atoms with Gasteiger partial charge < -0.3 is 10.4 Å². The van der Waals surface area contributed by atoms with Gasteiger partial charge in [0.15, 0.2) is 11.6 Å². The third-order valence-electron chi connectivity index (χ3n) is 2.26. The number of amides is 1. The fourth-order valence-electron chi connectivity index (χ4n) is 1.32. The lowest BCUT2D eigenvalue weighted by Gasteiger charge is -2.13. The molecule has 2 N–H and O–H groups in total. The lowest BCUT2D eigenvalue weighted by molar-refractivity contribution is -0.139. The van der Waals surface area contributed by atoms with Gasteiger partial charge in [-0.1, -0.05) is 17.7 Å². The average molecular weight is 290 g/mol. The second kappa shape index (κ2) is 6.29. The molecule has 19 heavy (non-hydrogen) atoms. The van der Waals surface area contributed by atoms with Gasteiger partial charge in [-0.05, 0) is 18.6 Å². The van der Waals surface area contributed by atoms with Crippen molar-refractivity contribution in [2.75, 3.05) is 0 Å². The molecule has 1 unspecified atom stereocenters. The molecule has 0 aromatic heterocycles. The summed E-state index contributed by atoms with van der Waals surface area (Å²) in [5.41, 5.74) is -0.337. The van der Waals surface area contributed by atoms with Crippen LogP contribution in [0.15, 0.2) is 24.8 Å². The van der Waals surface area contributed by atoms with Gasteiger partial charge in [-0.3, -0.25) is 4.79 Å². The number of aliphatic carboxylic acids is 1. The molecule has 1 aromatic carbocycles. The Balaban J connectivity index is 2.97. The maximum atomic E-state index is 13.0. The van der Waals surface area contributed by atoms with Crippen LogP contribution < -0.4 is 5.32 Å². The van der Waals surface area contributed by atoms with Gasteiger partial charge in [0.25, 0.3) is 5.91 Å². The highest BCUT2D eigenvalue weighted by atomic mass is 35.5. The van der Waals surface area contributed by atoms with Crippen LogP contribution in [0.4, 0.5) is 8.78 Å². The molecule has 0 saturated carbocycles. The van der Waals surface area contributed by atoms with Gasteiger partial charge in [0, 0.05) is 0 Å². The van der Waals surface area contributed by atoms with E-state index in [0.717, 1.165) is 0 Å². The van der Waals surface area contributed by atoms with E-state index >= 15 is 0 Å². The number of carboxylic acids is 1. The molecule has 0 radical (unpaired) electrons.